The molecule has 1 aromatic carbocycles. The molecule has 3 aliphatic rings. The topological polar surface area (TPSA) is 65.4 Å². The van der Waals surface area contributed by atoms with Crippen molar-refractivity contribution in [3.63, 3.8) is 0 Å². The first-order valence-corrected chi connectivity index (χ1v) is 10.1. The largest absolute Gasteiger partial charge is 0.340 e. The molecule has 2 aliphatic heterocycles. The van der Waals surface area contributed by atoms with E-state index in [1.165, 1.54) is 35.2 Å². The van der Waals surface area contributed by atoms with Crippen LogP contribution in [0, 0.1) is 0 Å². The zero-order valence-electron chi connectivity index (χ0n) is 15.7. The van der Waals surface area contributed by atoms with Crippen molar-refractivity contribution in [3.8, 4) is 0 Å². The highest BCUT2D eigenvalue weighted by Gasteiger charge is 2.21. The normalized spacial score (nSPS) is 18.7. The van der Waals surface area contributed by atoms with Gasteiger partial charge in [-0.15, -0.1) is 0 Å². The summed E-state index contributed by atoms with van der Waals surface area (Å²) in [6.07, 6.45) is 7.65. The fraction of sp³-hybridized carbons (Fsp3) is 0.476. The molecule has 1 aliphatic carbocycles. The lowest BCUT2D eigenvalue weighted by atomic mass is 9.96. The molecule has 6 heteroatoms. The Balaban J connectivity index is 1.49. The molecule has 0 atom stereocenters. The van der Waals surface area contributed by atoms with E-state index in [4.69, 9.17) is 9.97 Å². The second kappa shape index (κ2) is 7.27. The Labute approximate surface area is 160 Å². The molecule has 0 saturated carbocycles. The third-order valence-corrected chi connectivity index (χ3v) is 5.69. The van der Waals surface area contributed by atoms with E-state index in [0.29, 0.717) is 0 Å². The van der Waals surface area contributed by atoms with Crippen molar-refractivity contribution >= 4 is 23.7 Å². The number of hydrogen-bond acceptors (Lipinski definition) is 6. The average Bonchev–Trinajstić information content (AvgIpc) is 2.99. The Morgan fingerprint density at radius 2 is 1.96 bits per heavy atom. The lowest BCUT2D eigenvalue weighted by Crippen LogP contribution is -2.30. The molecule has 0 unspecified atom stereocenters. The minimum absolute atomic E-state index is 0.797. The monoisotopic (exact) mass is 362 g/mol. The number of aromatic nitrogens is 2. The Hall–Kier alpha value is -2.47. The molecule has 140 valence electrons. The van der Waals surface area contributed by atoms with Gasteiger partial charge in [0.15, 0.2) is 0 Å². The maximum atomic E-state index is 4.98. The van der Waals surface area contributed by atoms with Crippen LogP contribution in [0.25, 0.3) is 0 Å². The summed E-state index contributed by atoms with van der Waals surface area (Å²) in [4.78, 5) is 16.6. The van der Waals surface area contributed by atoms with E-state index in [9.17, 15) is 0 Å². The number of aliphatic imine (C=N–C) groups is 1. The second-order valence-electron chi connectivity index (χ2n) is 7.60. The van der Waals surface area contributed by atoms with Crippen LogP contribution in [0.2, 0.25) is 0 Å². The molecule has 3 heterocycles. The van der Waals surface area contributed by atoms with Crippen molar-refractivity contribution in [1.29, 1.82) is 0 Å². The number of nitrogens with one attached hydrogen (secondary N) is 2. The summed E-state index contributed by atoms with van der Waals surface area (Å²) in [5.74, 6) is 1.87. The maximum absolute atomic E-state index is 4.98. The summed E-state index contributed by atoms with van der Waals surface area (Å²) in [7, 11) is 0. The van der Waals surface area contributed by atoms with Crippen molar-refractivity contribution in [2.45, 2.75) is 38.6 Å². The van der Waals surface area contributed by atoms with Crippen LogP contribution in [0.5, 0.6) is 0 Å². The van der Waals surface area contributed by atoms with Gasteiger partial charge in [-0.1, -0.05) is 6.07 Å². The first kappa shape index (κ1) is 16.7. The molecule has 0 bridgehead atoms. The summed E-state index contributed by atoms with van der Waals surface area (Å²) in [6.45, 7) is 4.84. The number of hydrogen-bond donors (Lipinski definition) is 2. The lowest BCUT2D eigenvalue weighted by molar-refractivity contribution is 0.658. The SMILES string of the molecule is C1=NCc2ccc(Nc3nc(N4CCCNCC4)nc4c3CCCC4)cc21. The first-order chi connectivity index (χ1) is 13.4. The highest BCUT2D eigenvalue weighted by atomic mass is 15.3. The van der Waals surface area contributed by atoms with E-state index in [1.807, 2.05) is 6.21 Å². The zero-order chi connectivity index (χ0) is 18.1. The first-order valence-electron chi connectivity index (χ1n) is 10.1. The van der Waals surface area contributed by atoms with E-state index in [0.717, 1.165) is 69.4 Å². The number of aryl methyl sites for hydroxylation is 1. The number of benzene rings is 1. The molecule has 0 amide bonds. The van der Waals surface area contributed by atoms with Crippen molar-refractivity contribution in [1.82, 2.24) is 15.3 Å². The fourth-order valence-electron chi connectivity index (χ4n) is 4.19. The van der Waals surface area contributed by atoms with Gasteiger partial charge >= 0.3 is 0 Å². The molecular weight excluding hydrogens is 336 g/mol. The lowest BCUT2D eigenvalue weighted by Gasteiger charge is -2.25. The third kappa shape index (κ3) is 3.41. The molecule has 1 aromatic heterocycles. The quantitative estimate of drug-likeness (QED) is 0.879. The minimum atomic E-state index is 0.797. The Morgan fingerprint density at radius 3 is 2.96 bits per heavy atom. The van der Waals surface area contributed by atoms with Crippen LogP contribution < -0.4 is 15.5 Å². The van der Waals surface area contributed by atoms with E-state index >= 15 is 0 Å². The minimum Gasteiger partial charge on any atom is -0.340 e. The van der Waals surface area contributed by atoms with Crippen LogP contribution >= 0.6 is 0 Å². The average molecular weight is 362 g/mol. The number of nitrogens with zero attached hydrogens (tertiary/aromatic N) is 4. The Morgan fingerprint density at radius 1 is 1.00 bits per heavy atom. The Bertz CT molecular complexity index is 867. The molecule has 5 rings (SSSR count). The van der Waals surface area contributed by atoms with Crippen molar-refractivity contribution < 1.29 is 0 Å². The van der Waals surface area contributed by atoms with Gasteiger partial charge in [0, 0.05) is 37.1 Å². The van der Waals surface area contributed by atoms with Gasteiger partial charge in [0.2, 0.25) is 5.95 Å². The molecule has 0 radical (unpaired) electrons. The summed E-state index contributed by atoms with van der Waals surface area (Å²) in [5, 5.41) is 7.06. The molecule has 1 fully saturated rings. The third-order valence-electron chi connectivity index (χ3n) is 5.69. The van der Waals surface area contributed by atoms with Crippen LogP contribution in [0.15, 0.2) is 23.2 Å². The predicted molar refractivity (Wildman–Crippen MR) is 109 cm³/mol. The van der Waals surface area contributed by atoms with Gasteiger partial charge in [-0.05, 0) is 61.9 Å². The predicted octanol–water partition coefficient (Wildman–Crippen LogP) is 2.83. The molecule has 27 heavy (non-hydrogen) atoms. The van der Waals surface area contributed by atoms with Crippen LogP contribution in [0.1, 0.15) is 41.6 Å². The number of rotatable bonds is 3. The highest BCUT2D eigenvalue weighted by Crippen LogP contribution is 2.30. The van der Waals surface area contributed by atoms with E-state index in [-0.39, 0.29) is 0 Å². The van der Waals surface area contributed by atoms with Crippen LogP contribution in [0.3, 0.4) is 0 Å². The van der Waals surface area contributed by atoms with Crippen LogP contribution in [-0.4, -0.2) is 42.4 Å². The summed E-state index contributed by atoms with van der Waals surface area (Å²) >= 11 is 0. The molecule has 2 aromatic rings. The molecular formula is C21H26N6. The van der Waals surface area contributed by atoms with Gasteiger partial charge in [-0.2, -0.15) is 4.98 Å². The molecule has 6 nitrogen and oxygen atoms in total. The highest BCUT2D eigenvalue weighted by molar-refractivity contribution is 5.86. The van der Waals surface area contributed by atoms with Crippen molar-refractivity contribution in [2.75, 3.05) is 36.4 Å². The smallest absolute Gasteiger partial charge is 0.227 e. The van der Waals surface area contributed by atoms with Gasteiger partial charge < -0.3 is 15.5 Å². The van der Waals surface area contributed by atoms with E-state index in [2.05, 4.69) is 38.7 Å². The molecule has 0 spiro atoms. The number of fused-ring (bicyclic) bond motifs is 2. The van der Waals surface area contributed by atoms with Crippen LogP contribution in [0.4, 0.5) is 17.5 Å². The number of anilines is 3. The van der Waals surface area contributed by atoms with Gasteiger partial charge in [-0.3, -0.25) is 4.99 Å². The zero-order valence-corrected chi connectivity index (χ0v) is 15.7. The summed E-state index contributed by atoms with van der Waals surface area (Å²) in [5.41, 5.74) is 6.11. The van der Waals surface area contributed by atoms with Gasteiger partial charge in [0.25, 0.3) is 0 Å². The summed E-state index contributed by atoms with van der Waals surface area (Å²) < 4.78 is 0. The van der Waals surface area contributed by atoms with Gasteiger partial charge in [0.1, 0.15) is 5.82 Å². The van der Waals surface area contributed by atoms with Crippen molar-refractivity contribution in [3.05, 3.63) is 40.6 Å². The van der Waals surface area contributed by atoms with E-state index < -0.39 is 0 Å². The molecule has 1 saturated heterocycles. The maximum Gasteiger partial charge on any atom is 0.227 e. The standard InChI is InChI=1S/C21H26N6/c1-2-5-19-18(4-1)20(24-17-7-6-15-13-23-14-16(15)12-17)26-21(25-19)27-10-3-8-22-9-11-27/h6-7,12,14,22H,1-5,8-11,13H2,(H,24,25,26). The summed E-state index contributed by atoms with van der Waals surface area (Å²) in [6, 6.07) is 6.48. The van der Waals surface area contributed by atoms with E-state index in [1.54, 1.807) is 0 Å². The van der Waals surface area contributed by atoms with Crippen LogP contribution in [-0.2, 0) is 19.4 Å². The fourth-order valence-corrected chi connectivity index (χ4v) is 4.19. The van der Waals surface area contributed by atoms with Gasteiger partial charge in [0.05, 0.1) is 12.2 Å². The molecule has 2 N–H and O–H groups in total. The van der Waals surface area contributed by atoms with Gasteiger partial charge in [-0.25, -0.2) is 4.98 Å². The Kier molecular flexibility index (Phi) is 4.49. The van der Waals surface area contributed by atoms with Crippen molar-refractivity contribution in [2.24, 2.45) is 4.99 Å². The second-order valence-corrected chi connectivity index (χ2v) is 7.60.